The van der Waals surface area contributed by atoms with Gasteiger partial charge in [-0.25, -0.2) is 4.98 Å². The molecule has 0 radical (unpaired) electrons. The molecule has 0 aliphatic heterocycles. The van der Waals surface area contributed by atoms with Crippen molar-refractivity contribution < 1.29 is 9.90 Å². The van der Waals surface area contributed by atoms with Crippen molar-refractivity contribution in [2.75, 3.05) is 5.32 Å². The second kappa shape index (κ2) is 4.55. The first-order chi connectivity index (χ1) is 8.06. The summed E-state index contributed by atoms with van der Waals surface area (Å²) in [4.78, 5) is 16.4. The number of phenols is 1. The van der Waals surface area contributed by atoms with Gasteiger partial charge >= 0.3 is 0 Å². The molecule has 5 heteroatoms. The molecule has 17 heavy (non-hydrogen) atoms. The Hall–Kier alpha value is -1.88. The summed E-state index contributed by atoms with van der Waals surface area (Å²) in [5.41, 5.74) is 1.35. The predicted molar refractivity (Wildman–Crippen MR) is 67.6 cm³/mol. The molecule has 2 aromatic rings. The molecule has 1 heterocycles. The lowest BCUT2D eigenvalue weighted by Crippen LogP contribution is -2.09. The number of hydrogen-bond donors (Lipinski definition) is 2. The van der Waals surface area contributed by atoms with E-state index >= 15 is 0 Å². The van der Waals surface area contributed by atoms with E-state index in [-0.39, 0.29) is 11.7 Å². The largest absolute Gasteiger partial charge is 0.508 e. The monoisotopic (exact) mass is 248 g/mol. The Kier molecular flexibility index (Phi) is 3.10. The standard InChI is InChI=1S/C12H12N2O2S/c1-7-3-4-9(5-10(7)15)14-12(16)11-6-13-8(2)17-11/h3-6,15H,1-2H3,(H,14,16). The molecule has 0 saturated carbocycles. The number of thiazole rings is 1. The smallest absolute Gasteiger partial charge is 0.267 e. The molecule has 0 unspecified atom stereocenters. The van der Waals surface area contributed by atoms with E-state index in [0.29, 0.717) is 10.6 Å². The summed E-state index contributed by atoms with van der Waals surface area (Å²) in [5, 5.41) is 13.1. The molecule has 0 atom stereocenters. The zero-order valence-corrected chi connectivity index (χ0v) is 10.3. The molecular weight excluding hydrogens is 236 g/mol. The molecular formula is C12H12N2O2S. The molecule has 2 N–H and O–H groups in total. The van der Waals surface area contributed by atoms with Crippen molar-refractivity contribution in [3.63, 3.8) is 0 Å². The van der Waals surface area contributed by atoms with Gasteiger partial charge in [0.05, 0.1) is 11.2 Å². The zero-order chi connectivity index (χ0) is 12.4. The van der Waals surface area contributed by atoms with E-state index in [4.69, 9.17) is 0 Å². The molecule has 88 valence electrons. The molecule has 0 spiro atoms. The number of carbonyl (C=O) groups excluding carboxylic acids is 1. The number of nitrogens with one attached hydrogen (secondary N) is 1. The van der Waals surface area contributed by atoms with Gasteiger partial charge in [-0.3, -0.25) is 4.79 Å². The van der Waals surface area contributed by atoms with Crippen molar-refractivity contribution in [1.82, 2.24) is 4.98 Å². The summed E-state index contributed by atoms with van der Waals surface area (Å²) >= 11 is 1.34. The number of benzene rings is 1. The summed E-state index contributed by atoms with van der Waals surface area (Å²) in [6.07, 6.45) is 1.55. The van der Waals surface area contributed by atoms with Crippen LogP contribution >= 0.6 is 11.3 Å². The van der Waals surface area contributed by atoms with Gasteiger partial charge in [0, 0.05) is 11.8 Å². The van der Waals surface area contributed by atoms with Crippen LogP contribution in [-0.4, -0.2) is 16.0 Å². The SMILES string of the molecule is Cc1ncc(C(=O)Nc2ccc(C)c(O)c2)s1. The van der Waals surface area contributed by atoms with Gasteiger partial charge in [-0.05, 0) is 25.5 Å². The number of amides is 1. The maximum Gasteiger partial charge on any atom is 0.267 e. The van der Waals surface area contributed by atoms with Crippen LogP contribution in [0.25, 0.3) is 0 Å². The number of aromatic hydroxyl groups is 1. The van der Waals surface area contributed by atoms with Crippen molar-refractivity contribution in [3.05, 3.63) is 39.8 Å². The zero-order valence-electron chi connectivity index (χ0n) is 9.52. The average molecular weight is 248 g/mol. The van der Waals surface area contributed by atoms with Crippen LogP contribution in [-0.2, 0) is 0 Å². The Balaban J connectivity index is 2.15. The van der Waals surface area contributed by atoms with Crippen LogP contribution in [0.15, 0.2) is 24.4 Å². The molecule has 1 aromatic carbocycles. The van der Waals surface area contributed by atoms with Crippen LogP contribution in [0, 0.1) is 13.8 Å². The van der Waals surface area contributed by atoms with Crippen molar-refractivity contribution in [2.45, 2.75) is 13.8 Å². The number of aromatic nitrogens is 1. The summed E-state index contributed by atoms with van der Waals surface area (Å²) in [7, 11) is 0. The lowest BCUT2D eigenvalue weighted by Gasteiger charge is -2.05. The maximum atomic E-state index is 11.8. The minimum absolute atomic E-state index is 0.170. The topological polar surface area (TPSA) is 62.2 Å². The molecule has 4 nitrogen and oxygen atoms in total. The Morgan fingerprint density at radius 1 is 1.41 bits per heavy atom. The van der Waals surface area contributed by atoms with Gasteiger partial charge in [-0.2, -0.15) is 0 Å². The van der Waals surface area contributed by atoms with Gasteiger partial charge in [-0.1, -0.05) is 6.07 Å². The first kappa shape index (κ1) is 11.6. The fourth-order valence-electron chi connectivity index (χ4n) is 1.35. The highest BCUT2D eigenvalue weighted by Gasteiger charge is 2.09. The maximum absolute atomic E-state index is 11.8. The van der Waals surface area contributed by atoms with E-state index in [0.717, 1.165) is 10.6 Å². The van der Waals surface area contributed by atoms with E-state index in [1.165, 1.54) is 17.4 Å². The molecule has 0 fully saturated rings. The van der Waals surface area contributed by atoms with Crippen molar-refractivity contribution in [3.8, 4) is 5.75 Å². The van der Waals surface area contributed by atoms with Gasteiger partial charge in [0.15, 0.2) is 0 Å². The summed E-state index contributed by atoms with van der Waals surface area (Å²) < 4.78 is 0. The second-order valence-electron chi connectivity index (χ2n) is 3.70. The number of hydrogen-bond acceptors (Lipinski definition) is 4. The number of aryl methyl sites for hydroxylation is 2. The van der Waals surface area contributed by atoms with Gasteiger partial charge < -0.3 is 10.4 Å². The van der Waals surface area contributed by atoms with Crippen LogP contribution < -0.4 is 5.32 Å². The van der Waals surface area contributed by atoms with Crippen LogP contribution in [0.2, 0.25) is 0 Å². The molecule has 0 aliphatic rings. The van der Waals surface area contributed by atoms with E-state index in [1.54, 1.807) is 25.3 Å². The van der Waals surface area contributed by atoms with Gasteiger partial charge in [0.1, 0.15) is 10.6 Å². The van der Waals surface area contributed by atoms with E-state index < -0.39 is 0 Å². The Morgan fingerprint density at radius 2 is 2.18 bits per heavy atom. The minimum Gasteiger partial charge on any atom is -0.508 e. The van der Waals surface area contributed by atoms with E-state index in [9.17, 15) is 9.90 Å². The van der Waals surface area contributed by atoms with E-state index in [1.807, 2.05) is 6.92 Å². The fraction of sp³-hybridized carbons (Fsp3) is 0.167. The summed E-state index contributed by atoms with van der Waals surface area (Å²) in [6.45, 7) is 3.65. The number of anilines is 1. The molecule has 1 amide bonds. The van der Waals surface area contributed by atoms with Gasteiger partial charge in [0.25, 0.3) is 5.91 Å². The molecule has 0 saturated heterocycles. The summed E-state index contributed by atoms with van der Waals surface area (Å²) in [5.74, 6) is -0.0397. The minimum atomic E-state index is -0.209. The Morgan fingerprint density at radius 3 is 2.76 bits per heavy atom. The highest BCUT2D eigenvalue weighted by atomic mass is 32.1. The van der Waals surface area contributed by atoms with Crippen molar-refractivity contribution in [2.24, 2.45) is 0 Å². The summed E-state index contributed by atoms with van der Waals surface area (Å²) in [6, 6.07) is 5.03. The quantitative estimate of drug-likeness (QED) is 0.859. The lowest BCUT2D eigenvalue weighted by atomic mass is 10.2. The normalized spacial score (nSPS) is 10.2. The molecule has 2 rings (SSSR count). The highest BCUT2D eigenvalue weighted by molar-refractivity contribution is 7.13. The number of phenolic OH excluding ortho intramolecular Hbond substituents is 1. The van der Waals surface area contributed by atoms with Crippen LogP contribution in [0.3, 0.4) is 0 Å². The third-order valence-corrected chi connectivity index (χ3v) is 3.22. The van der Waals surface area contributed by atoms with E-state index in [2.05, 4.69) is 10.3 Å². The average Bonchev–Trinajstić information content (AvgIpc) is 2.70. The molecule has 1 aromatic heterocycles. The number of rotatable bonds is 2. The van der Waals surface area contributed by atoms with Crippen LogP contribution in [0.1, 0.15) is 20.2 Å². The molecule has 0 bridgehead atoms. The second-order valence-corrected chi connectivity index (χ2v) is 4.93. The molecule has 0 aliphatic carbocycles. The highest BCUT2D eigenvalue weighted by Crippen LogP contribution is 2.22. The Labute approximate surface area is 103 Å². The van der Waals surface area contributed by atoms with Crippen molar-refractivity contribution >= 4 is 22.9 Å². The van der Waals surface area contributed by atoms with Gasteiger partial charge in [-0.15, -0.1) is 11.3 Å². The lowest BCUT2D eigenvalue weighted by molar-refractivity contribution is 0.103. The fourth-order valence-corrected chi connectivity index (χ4v) is 2.02. The third-order valence-electron chi connectivity index (χ3n) is 2.31. The first-order valence-electron chi connectivity index (χ1n) is 5.09. The number of carbonyl (C=O) groups is 1. The van der Waals surface area contributed by atoms with Crippen LogP contribution in [0.4, 0.5) is 5.69 Å². The van der Waals surface area contributed by atoms with Crippen molar-refractivity contribution in [1.29, 1.82) is 0 Å². The predicted octanol–water partition coefficient (Wildman–Crippen LogP) is 2.72. The number of nitrogens with zero attached hydrogens (tertiary/aromatic N) is 1. The first-order valence-corrected chi connectivity index (χ1v) is 5.91. The third kappa shape index (κ3) is 2.62. The van der Waals surface area contributed by atoms with Crippen LogP contribution in [0.5, 0.6) is 5.75 Å². The Bertz CT molecular complexity index is 563. The van der Waals surface area contributed by atoms with Gasteiger partial charge in [0.2, 0.25) is 0 Å².